The van der Waals surface area contributed by atoms with Crippen LogP contribution in [0.25, 0.3) is 10.6 Å². The number of nitrogens with zero attached hydrogens (tertiary/aromatic N) is 1. The SMILES string of the molecule is CC(C)Oc1ccc(-c2nc(C(=O)NC3CCNCC3C)cs2)cc1. The highest BCUT2D eigenvalue weighted by molar-refractivity contribution is 7.13. The number of thiazole rings is 1. The van der Waals surface area contributed by atoms with E-state index in [-0.39, 0.29) is 18.1 Å². The molecule has 1 aromatic heterocycles. The number of aromatic nitrogens is 1. The molecule has 0 bridgehead atoms. The van der Waals surface area contributed by atoms with Crippen LogP contribution < -0.4 is 15.4 Å². The molecule has 1 amide bonds. The second-order valence-corrected chi connectivity index (χ2v) is 7.64. The molecule has 25 heavy (non-hydrogen) atoms. The van der Waals surface area contributed by atoms with Crippen LogP contribution in [0.15, 0.2) is 29.6 Å². The van der Waals surface area contributed by atoms with Crippen LogP contribution in [0.4, 0.5) is 0 Å². The van der Waals surface area contributed by atoms with Crippen molar-refractivity contribution >= 4 is 17.2 Å². The highest BCUT2D eigenvalue weighted by Crippen LogP contribution is 2.26. The lowest BCUT2D eigenvalue weighted by Crippen LogP contribution is -2.48. The van der Waals surface area contributed by atoms with Crippen LogP contribution in [0.2, 0.25) is 0 Å². The van der Waals surface area contributed by atoms with Crippen LogP contribution in [0.5, 0.6) is 5.75 Å². The van der Waals surface area contributed by atoms with Crippen molar-refractivity contribution in [2.45, 2.75) is 39.3 Å². The van der Waals surface area contributed by atoms with E-state index in [2.05, 4.69) is 22.5 Å². The molecule has 2 atom stereocenters. The van der Waals surface area contributed by atoms with Gasteiger partial charge in [-0.3, -0.25) is 4.79 Å². The Morgan fingerprint density at radius 2 is 2.12 bits per heavy atom. The van der Waals surface area contributed by atoms with Gasteiger partial charge in [-0.05, 0) is 63.5 Å². The number of carbonyl (C=O) groups excluding carboxylic acids is 1. The van der Waals surface area contributed by atoms with Gasteiger partial charge in [0.2, 0.25) is 0 Å². The fourth-order valence-corrected chi connectivity index (χ4v) is 3.74. The standard InChI is InChI=1S/C19H25N3O2S/c1-12(2)24-15-6-4-14(5-7-15)19-22-17(11-25-19)18(23)21-16-8-9-20-10-13(16)3/h4-7,11-13,16,20H,8-10H2,1-3H3,(H,21,23). The third-order valence-corrected chi connectivity index (χ3v) is 5.20. The molecule has 134 valence electrons. The van der Waals surface area contributed by atoms with E-state index in [1.807, 2.05) is 43.5 Å². The predicted octanol–water partition coefficient (Wildman–Crippen LogP) is 3.33. The first kappa shape index (κ1) is 17.9. The molecule has 1 aromatic carbocycles. The molecular formula is C19H25N3O2S. The van der Waals surface area contributed by atoms with Gasteiger partial charge in [-0.25, -0.2) is 4.98 Å². The number of amides is 1. The second-order valence-electron chi connectivity index (χ2n) is 6.78. The van der Waals surface area contributed by atoms with Gasteiger partial charge in [-0.15, -0.1) is 11.3 Å². The molecule has 1 aliphatic rings. The minimum Gasteiger partial charge on any atom is -0.491 e. The van der Waals surface area contributed by atoms with Crippen LogP contribution in [0.3, 0.4) is 0 Å². The molecule has 3 rings (SSSR count). The molecule has 5 nitrogen and oxygen atoms in total. The van der Waals surface area contributed by atoms with Crippen molar-refractivity contribution in [2.75, 3.05) is 13.1 Å². The molecule has 1 aliphatic heterocycles. The van der Waals surface area contributed by atoms with Gasteiger partial charge in [0.05, 0.1) is 6.10 Å². The van der Waals surface area contributed by atoms with Crippen molar-refractivity contribution in [3.05, 3.63) is 35.3 Å². The first-order valence-corrected chi connectivity index (χ1v) is 9.65. The molecule has 1 fully saturated rings. The number of piperidine rings is 1. The smallest absolute Gasteiger partial charge is 0.271 e. The summed E-state index contributed by atoms with van der Waals surface area (Å²) in [5.74, 6) is 1.19. The molecule has 1 saturated heterocycles. The summed E-state index contributed by atoms with van der Waals surface area (Å²) in [5, 5.41) is 9.15. The Labute approximate surface area is 152 Å². The topological polar surface area (TPSA) is 63.2 Å². The zero-order valence-corrected chi connectivity index (χ0v) is 15.7. The summed E-state index contributed by atoms with van der Waals surface area (Å²) in [6, 6.07) is 8.05. The first-order valence-electron chi connectivity index (χ1n) is 8.77. The average molecular weight is 359 g/mol. The van der Waals surface area contributed by atoms with Crippen LogP contribution in [0, 0.1) is 5.92 Å². The summed E-state index contributed by atoms with van der Waals surface area (Å²) in [5.41, 5.74) is 1.49. The summed E-state index contributed by atoms with van der Waals surface area (Å²) >= 11 is 1.49. The molecule has 2 N–H and O–H groups in total. The third-order valence-electron chi connectivity index (χ3n) is 4.31. The summed E-state index contributed by atoms with van der Waals surface area (Å²) in [4.78, 5) is 17.0. The van der Waals surface area contributed by atoms with E-state index in [1.165, 1.54) is 11.3 Å². The van der Waals surface area contributed by atoms with E-state index < -0.39 is 0 Å². The summed E-state index contributed by atoms with van der Waals surface area (Å²) < 4.78 is 5.66. The molecule has 6 heteroatoms. The number of rotatable bonds is 5. The van der Waals surface area contributed by atoms with E-state index in [0.717, 1.165) is 35.8 Å². The van der Waals surface area contributed by atoms with E-state index in [0.29, 0.717) is 11.6 Å². The molecule has 2 unspecified atom stereocenters. The monoisotopic (exact) mass is 359 g/mol. The average Bonchev–Trinajstić information content (AvgIpc) is 3.07. The molecule has 0 aliphatic carbocycles. The predicted molar refractivity (Wildman–Crippen MR) is 101 cm³/mol. The van der Waals surface area contributed by atoms with E-state index in [1.54, 1.807) is 0 Å². The molecule has 0 spiro atoms. The summed E-state index contributed by atoms with van der Waals surface area (Å²) in [7, 11) is 0. The lowest BCUT2D eigenvalue weighted by atomic mass is 9.95. The minimum atomic E-state index is -0.0824. The second kappa shape index (κ2) is 7.97. The number of hydrogen-bond acceptors (Lipinski definition) is 5. The van der Waals surface area contributed by atoms with E-state index in [9.17, 15) is 4.79 Å². The highest BCUT2D eigenvalue weighted by atomic mass is 32.1. The third kappa shape index (κ3) is 4.58. The maximum absolute atomic E-state index is 12.5. The molecule has 2 heterocycles. The van der Waals surface area contributed by atoms with E-state index >= 15 is 0 Å². The lowest BCUT2D eigenvalue weighted by Gasteiger charge is -2.29. The quantitative estimate of drug-likeness (QED) is 0.860. The molecule has 2 aromatic rings. The zero-order chi connectivity index (χ0) is 17.8. The van der Waals surface area contributed by atoms with Crippen LogP contribution in [0.1, 0.15) is 37.7 Å². The van der Waals surface area contributed by atoms with Gasteiger partial charge in [-0.2, -0.15) is 0 Å². The van der Waals surface area contributed by atoms with Crippen molar-refractivity contribution in [1.82, 2.24) is 15.6 Å². The summed E-state index contributed by atoms with van der Waals surface area (Å²) in [6.45, 7) is 8.05. The maximum Gasteiger partial charge on any atom is 0.271 e. The molecule has 0 radical (unpaired) electrons. The first-order chi connectivity index (χ1) is 12.0. The van der Waals surface area contributed by atoms with E-state index in [4.69, 9.17) is 4.74 Å². The molecular weight excluding hydrogens is 334 g/mol. The molecule has 0 saturated carbocycles. The Hall–Kier alpha value is -1.92. The van der Waals surface area contributed by atoms with Crippen LogP contribution in [-0.4, -0.2) is 36.1 Å². The van der Waals surface area contributed by atoms with Gasteiger partial charge >= 0.3 is 0 Å². The van der Waals surface area contributed by atoms with Gasteiger partial charge in [0.1, 0.15) is 16.5 Å². The van der Waals surface area contributed by atoms with Crippen molar-refractivity contribution in [2.24, 2.45) is 5.92 Å². The lowest BCUT2D eigenvalue weighted by molar-refractivity contribution is 0.0910. The van der Waals surface area contributed by atoms with Crippen LogP contribution >= 0.6 is 11.3 Å². The Morgan fingerprint density at radius 1 is 1.36 bits per heavy atom. The summed E-state index contributed by atoms with van der Waals surface area (Å²) in [6.07, 6.45) is 1.11. The maximum atomic E-state index is 12.5. The van der Waals surface area contributed by atoms with Crippen molar-refractivity contribution in [1.29, 1.82) is 0 Å². The van der Waals surface area contributed by atoms with Gasteiger partial charge < -0.3 is 15.4 Å². The largest absolute Gasteiger partial charge is 0.491 e. The van der Waals surface area contributed by atoms with Gasteiger partial charge in [0.25, 0.3) is 5.91 Å². The number of benzene rings is 1. The highest BCUT2D eigenvalue weighted by Gasteiger charge is 2.24. The van der Waals surface area contributed by atoms with Crippen molar-refractivity contribution in [3.63, 3.8) is 0 Å². The van der Waals surface area contributed by atoms with Gasteiger partial charge in [-0.1, -0.05) is 6.92 Å². The van der Waals surface area contributed by atoms with Crippen molar-refractivity contribution in [3.8, 4) is 16.3 Å². The normalized spacial score (nSPS) is 20.5. The Morgan fingerprint density at radius 3 is 2.80 bits per heavy atom. The number of nitrogens with one attached hydrogen (secondary N) is 2. The Kier molecular flexibility index (Phi) is 5.71. The zero-order valence-electron chi connectivity index (χ0n) is 14.9. The minimum absolute atomic E-state index is 0.0824. The number of hydrogen-bond donors (Lipinski definition) is 2. The Bertz CT molecular complexity index is 712. The Balaban J connectivity index is 1.66. The fraction of sp³-hybridized carbons (Fsp3) is 0.474. The van der Waals surface area contributed by atoms with Crippen LogP contribution in [-0.2, 0) is 0 Å². The number of ether oxygens (including phenoxy) is 1. The van der Waals surface area contributed by atoms with Crippen molar-refractivity contribution < 1.29 is 9.53 Å². The van der Waals surface area contributed by atoms with Gasteiger partial charge in [0.15, 0.2) is 0 Å². The fourth-order valence-electron chi connectivity index (χ4n) is 2.93. The van der Waals surface area contributed by atoms with Gasteiger partial charge in [0, 0.05) is 17.0 Å². The number of carbonyl (C=O) groups is 1.